The summed E-state index contributed by atoms with van der Waals surface area (Å²) in [6, 6.07) is 14.0. The Balaban J connectivity index is 2.03. The minimum atomic E-state index is -0.416. The summed E-state index contributed by atoms with van der Waals surface area (Å²) < 4.78 is 0.953. The number of hydrogen-bond donors (Lipinski definition) is 1. The number of aliphatic hydroxyl groups excluding tert-OH is 1. The van der Waals surface area contributed by atoms with Crippen LogP contribution in [-0.4, -0.2) is 11.2 Å². The summed E-state index contributed by atoms with van der Waals surface area (Å²) in [4.78, 5) is 0. The van der Waals surface area contributed by atoms with E-state index in [1.807, 2.05) is 30.3 Å². The molecule has 0 aliphatic heterocycles. The van der Waals surface area contributed by atoms with Gasteiger partial charge in [-0.25, -0.2) is 0 Å². The highest BCUT2D eigenvalue weighted by Crippen LogP contribution is 2.23. The molecule has 0 aliphatic carbocycles. The fourth-order valence-electron chi connectivity index (χ4n) is 2.12. The number of rotatable bonds is 4. The second kappa shape index (κ2) is 6.56. The molecular weight excluding hydrogens is 324 g/mol. The molecule has 0 aromatic heterocycles. The molecule has 100 valence electrons. The Bertz CT molecular complexity index is 568. The molecule has 1 unspecified atom stereocenters. The predicted octanol–water partition coefficient (Wildman–Crippen LogP) is 4.56. The van der Waals surface area contributed by atoms with E-state index in [0.29, 0.717) is 17.9 Å². The average molecular weight is 340 g/mol. The van der Waals surface area contributed by atoms with Crippen molar-refractivity contribution < 1.29 is 5.11 Å². The van der Waals surface area contributed by atoms with E-state index in [9.17, 15) is 5.11 Å². The zero-order valence-corrected chi connectivity index (χ0v) is 13.1. The van der Waals surface area contributed by atoms with Gasteiger partial charge in [0.15, 0.2) is 0 Å². The second-order valence-corrected chi connectivity index (χ2v) is 6.11. The standard InChI is InChI=1S/C16H16BrClO/c1-11-3-2-4-12(7-11)8-15(19)9-13-5-6-14(17)10-16(13)18/h2-7,10,15,19H,8-9H2,1H3. The van der Waals surface area contributed by atoms with Crippen LogP contribution in [0, 0.1) is 6.92 Å². The van der Waals surface area contributed by atoms with Crippen LogP contribution in [0.5, 0.6) is 0 Å². The van der Waals surface area contributed by atoms with Crippen molar-refractivity contribution in [2.75, 3.05) is 0 Å². The fraction of sp³-hybridized carbons (Fsp3) is 0.250. The number of aryl methyl sites for hydroxylation is 1. The minimum absolute atomic E-state index is 0.416. The third-order valence-electron chi connectivity index (χ3n) is 3.02. The van der Waals surface area contributed by atoms with Gasteiger partial charge in [0.25, 0.3) is 0 Å². The largest absolute Gasteiger partial charge is 0.392 e. The Kier molecular flexibility index (Phi) is 5.03. The van der Waals surface area contributed by atoms with Crippen LogP contribution in [-0.2, 0) is 12.8 Å². The van der Waals surface area contributed by atoms with Gasteiger partial charge in [-0.3, -0.25) is 0 Å². The van der Waals surface area contributed by atoms with Gasteiger partial charge in [-0.15, -0.1) is 0 Å². The smallest absolute Gasteiger partial charge is 0.0621 e. The molecular formula is C16H16BrClO. The lowest BCUT2D eigenvalue weighted by atomic mass is 10.0. The molecule has 1 N–H and O–H groups in total. The maximum atomic E-state index is 10.2. The van der Waals surface area contributed by atoms with Gasteiger partial charge in [0.05, 0.1) is 6.10 Å². The van der Waals surface area contributed by atoms with Gasteiger partial charge in [-0.05, 0) is 36.6 Å². The number of halogens is 2. The molecule has 1 nitrogen and oxygen atoms in total. The van der Waals surface area contributed by atoms with Crippen molar-refractivity contribution in [3.63, 3.8) is 0 Å². The predicted molar refractivity (Wildman–Crippen MR) is 83.7 cm³/mol. The molecule has 0 aliphatic rings. The van der Waals surface area contributed by atoms with Crippen LogP contribution in [0.3, 0.4) is 0 Å². The van der Waals surface area contributed by atoms with Gasteiger partial charge in [0, 0.05) is 15.9 Å². The Morgan fingerprint density at radius 1 is 1.16 bits per heavy atom. The van der Waals surface area contributed by atoms with E-state index in [1.54, 1.807) is 0 Å². The highest BCUT2D eigenvalue weighted by atomic mass is 79.9. The van der Waals surface area contributed by atoms with Gasteiger partial charge in [-0.1, -0.05) is 63.4 Å². The van der Waals surface area contributed by atoms with E-state index < -0.39 is 6.10 Å². The SMILES string of the molecule is Cc1cccc(CC(O)Cc2ccc(Br)cc2Cl)c1. The van der Waals surface area contributed by atoms with Crippen LogP contribution >= 0.6 is 27.5 Å². The van der Waals surface area contributed by atoms with Crippen LogP contribution < -0.4 is 0 Å². The monoisotopic (exact) mass is 338 g/mol. The summed E-state index contributed by atoms with van der Waals surface area (Å²) in [6.45, 7) is 2.06. The van der Waals surface area contributed by atoms with Gasteiger partial charge in [0.2, 0.25) is 0 Å². The molecule has 1 atom stereocenters. The van der Waals surface area contributed by atoms with Gasteiger partial charge >= 0.3 is 0 Å². The lowest BCUT2D eigenvalue weighted by Crippen LogP contribution is -2.14. The van der Waals surface area contributed by atoms with E-state index in [0.717, 1.165) is 15.6 Å². The number of benzene rings is 2. The molecule has 0 heterocycles. The summed E-state index contributed by atoms with van der Waals surface area (Å²) in [5.74, 6) is 0. The molecule has 0 saturated carbocycles. The van der Waals surface area contributed by atoms with Crippen molar-refractivity contribution in [1.82, 2.24) is 0 Å². The van der Waals surface area contributed by atoms with Crippen molar-refractivity contribution in [2.45, 2.75) is 25.9 Å². The van der Waals surface area contributed by atoms with Gasteiger partial charge in [0.1, 0.15) is 0 Å². The third kappa shape index (κ3) is 4.34. The fourth-order valence-corrected chi connectivity index (χ4v) is 2.88. The second-order valence-electron chi connectivity index (χ2n) is 4.79. The number of hydrogen-bond acceptors (Lipinski definition) is 1. The van der Waals surface area contributed by atoms with Crippen molar-refractivity contribution >= 4 is 27.5 Å². The van der Waals surface area contributed by atoms with Crippen LogP contribution in [0.2, 0.25) is 5.02 Å². The van der Waals surface area contributed by atoms with E-state index in [-0.39, 0.29) is 0 Å². The Morgan fingerprint density at radius 3 is 2.63 bits per heavy atom. The number of aliphatic hydroxyl groups is 1. The molecule has 3 heteroatoms. The van der Waals surface area contributed by atoms with E-state index >= 15 is 0 Å². The molecule has 0 radical (unpaired) electrons. The van der Waals surface area contributed by atoms with Crippen molar-refractivity contribution in [3.8, 4) is 0 Å². The molecule has 2 aromatic rings. The zero-order chi connectivity index (χ0) is 13.8. The molecule has 0 amide bonds. The summed E-state index contributed by atoms with van der Waals surface area (Å²) in [5.41, 5.74) is 3.34. The van der Waals surface area contributed by atoms with Gasteiger partial charge in [-0.2, -0.15) is 0 Å². The third-order valence-corrected chi connectivity index (χ3v) is 3.87. The van der Waals surface area contributed by atoms with Crippen LogP contribution in [0.1, 0.15) is 16.7 Å². The first-order valence-electron chi connectivity index (χ1n) is 6.22. The highest BCUT2D eigenvalue weighted by Gasteiger charge is 2.10. The minimum Gasteiger partial charge on any atom is -0.392 e. The molecule has 0 bridgehead atoms. The summed E-state index contributed by atoms with van der Waals surface area (Å²) in [5, 5.41) is 10.9. The van der Waals surface area contributed by atoms with E-state index in [4.69, 9.17) is 11.6 Å². The first-order chi connectivity index (χ1) is 9.04. The van der Waals surface area contributed by atoms with Crippen LogP contribution in [0.25, 0.3) is 0 Å². The topological polar surface area (TPSA) is 20.2 Å². The van der Waals surface area contributed by atoms with Crippen molar-refractivity contribution in [3.05, 3.63) is 68.7 Å². The first-order valence-corrected chi connectivity index (χ1v) is 7.39. The lowest BCUT2D eigenvalue weighted by Gasteiger charge is -2.12. The van der Waals surface area contributed by atoms with Gasteiger partial charge < -0.3 is 5.11 Å². The average Bonchev–Trinajstić information content (AvgIpc) is 2.33. The van der Waals surface area contributed by atoms with Crippen LogP contribution in [0.4, 0.5) is 0 Å². The van der Waals surface area contributed by atoms with Crippen molar-refractivity contribution in [2.24, 2.45) is 0 Å². The molecule has 0 fully saturated rings. The maximum Gasteiger partial charge on any atom is 0.0621 e. The van der Waals surface area contributed by atoms with E-state index in [2.05, 4.69) is 35.0 Å². The lowest BCUT2D eigenvalue weighted by molar-refractivity contribution is 0.175. The molecule has 2 aromatic carbocycles. The summed E-state index contributed by atoms with van der Waals surface area (Å²) >= 11 is 9.54. The quantitative estimate of drug-likeness (QED) is 0.866. The van der Waals surface area contributed by atoms with E-state index in [1.165, 1.54) is 5.56 Å². The summed E-state index contributed by atoms with van der Waals surface area (Å²) in [7, 11) is 0. The Labute approximate surface area is 127 Å². The van der Waals surface area contributed by atoms with Crippen molar-refractivity contribution in [1.29, 1.82) is 0 Å². The molecule has 2 rings (SSSR count). The summed E-state index contributed by atoms with van der Waals surface area (Å²) in [6.07, 6.45) is 0.800. The normalized spacial score (nSPS) is 12.4. The zero-order valence-electron chi connectivity index (χ0n) is 10.7. The Hall–Kier alpha value is -0.830. The molecule has 0 spiro atoms. The Morgan fingerprint density at radius 2 is 1.95 bits per heavy atom. The maximum absolute atomic E-state index is 10.2. The highest BCUT2D eigenvalue weighted by molar-refractivity contribution is 9.10. The van der Waals surface area contributed by atoms with Crippen LogP contribution in [0.15, 0.2) is 46.9 Å². The molecule has 19 heavy (non-hydrogen) atoms. The first kappa shape index (κ1) is 14.6. The molecule has 0 saturated heterocycles.